The summed E-state index contributed by atoms with van der Waals surface area (Å²) >= 11 is 0. The van der Waals surface area contributed by atoms with E-state index in [2.05, 4.69) is 41.9 Å². The number of nitrogens with zero attached hydrogens (tertiary/aromatic N) is 4. The highest BCUT2D eigenvalue weighted by Crippen LogP contribution is 2.26. The Morgan fingerprint density at radius 2 is 2.00 bits per heavy atom. The summed E-state index contributed by atoms with van der Waals surface area (Å²) in [5.41, 5.74) is 2.79. The number of anilines is 1. The zero-order valence-corrected chi connectivity index (χ0v) is 12.8. The molecule has 1 aromatic heterocycles. The van der Waals surface area contributed by atoms with Crippen molar-refractivity contribution in [3.05, 3.63) is 16.8 Å². The summed E-state index contributed by atoms with van der Waals surface area (Å²) in [6.45, 7) is 8.43. The van der Waals surface area contributed by atoms with Crippen molar-refractivity contribution < 1.29 is 0 Å². The second-order valence-corrected chi connectivity index (χ2v) is 5.67. The second-order valence-electron chi connectivity index (χ2n) is 5.67. The molecule has 1 aliphatic heterocycles. The molecule has 0 radical (unpaired) electrons. The summed E-state index contributed by atoms with van der Waals surface area (Å²) in [5.74, 6) is 1.56. The summed E-state index contributed by atoms with van der Waals surface area (Å²) in [7, 11) is 0. The Bertz CT molecular complexity index is 504. The van der Waals surface area contributed by atoms with Crippen molar-refractivity contribution >= 4 is 5.82 Å². The second kappa shape index (κ2) is 6.69. The molecule has 0 spiro atoms. The first-order chi connectivity index (χ1) is 9.71. The third-order valence-electron chi connectivity index (χ3n) is 4.26. The summed E-state index contributed by atoms with van der Waals surface area (Å²) in [6, 6.07) is 2.37. The number of hydrogen-bond acceptors (Lipinski definition) is 4. The highest BCUT2D eigenvalue weighted by Gasteiger charge is 2.21. The van der Waals surface area contributed by atoms with E-state index < -0.39 is 0 Å². The van der Waals surface area contributed by atoms with Crippen LogP contribution in [0.25, 0.3) is 0 Å². The van der Waals surface area contributed by atoms with E-state index in [9.17, 15) is 5.26 Å². The molecular formula is C16H24N4. The topological polar surface area (TPSA) is 52.8 Å². The van der Waals surface area contributed by atoms with E-state index in [-0.39, 0.29) is 0 Å². The molecule has 1 aromatic rings. The molecule has 4 heteroatoms. The maximum absolute atomic E-state index is 9.56. The van der Waals surface area contributed by atoms with Crippen molar-refractivity contribution in [1.82, 2.24) is 10.2 Å². The van der Waals surface area contributed by atoms with Crippen LogP contribution in [0.3, 0.4) is 0 Å². The molecule has 0 amide bonds. The summed E-state index contributed by atoms with van der Waals surface area (Å²) in [5, 5.41) is 18.3. The van der Waals surface area contributed by atoms with Gasteiger partial charge in [-0.2, -0.15) is 10.4 Å². The maximum Gasteiger partial charge on any atom is 0.169 e. The molecule has 0 saturated carbocycles. The molecule has 20 heavy (non-hydrogen) atoms. The fraction of sp³-hybridized carbons (Fsp3) is 0.688. The number of aryl methyl sites for hydroxylation is 1. The molecule has 4 nitrogen and oxygen atoms in total. The van der Waals surface area contributed by atoms with Gasteiger partial charge in [0.2, 0.25) is 0 Å². The lowest BCUT2D eigenvalue weighted by atomic mass is 10.0. The van der Waals surface area contributed by atoms with Crippen LogP contribution in [-0.4, -0.2) is 23.3 Å². The van der Waals surface area contributed by atoms with Crippen LogP contribution in [0.5, 0.6) is 0 Å². The first-order valence-electron chi connectivity index (χ1n) is 7.74. The van der Waals surface area contributed by atoms with Crippen LogP contribution >= 0.6 is 0 Å². The molecule has 108 valence electrons. The zero-order chi connectivity index (χ0) is 14.5. The van der Waals surface area contributed by atoms with Gasteiger partial charge in [-0.25, -0.2) is 0 Å². The van der Waals surface area contributed by atoms with Crippen LogP contribution in [0.2, 0.25) is 0 Å². The minimum absolute atomic E-state index is 0.744. The normalized spacial score (nSPS) is 19.5. The molecule has 2 heterocycles. The van der Waals surface area contributed by atoms with Crippen molar-refractivity contribution in [3.8, 4) is 6.07 Å². The maximum atomic E-state index is 9.56. The van der Waals surface area contributed by atoms with E-state index in [1.807, 2.05) is 0 Å². The quantitative estimate of drug-likeness (QED) is 0.848. The minimum atomic E-state index is 0.744. The van der Waals surface area contributed by atoms with Gasteiger partial charge in [-0.05, 0) is 43.6 Å². The molecule has 2 rings (SSSR count). The molecule has 0 N–H and O–H groups in total. The molecule has 1 unspecified atom stereocenters. The lowest BCUT2D eigenvalue weighted by Gasteiger charge is -2.23. The predicted octanol–water partition coefficient (Wildman–Crippen LogP) is 3.10. The number of nitriles is 1. The monoisotopic (exact) mass is 272 g/mol. The molecule has 1 fully saturated rings. The van der Waals surface area contributed by atoms with Gasteiger partial charge in [-0.15, -0.1) is 5.10 Å². The fourth-order valence-electron chi connectivity index (χ4n) is 2.98. The first kappa shape index (κ1) is 14.8. The van der Waals surface area contributed by atoms with E-state index in [0.717, 1.165) is 54.5 Å². The van der Waals surface area contributed by atoms with Gasteiger partial charge in [0.25, 0.3) is 0 Å². The van der Waals surface area contributed by atoms with Gasteiger partial charge in [0.05, 0.1) is 5.69 Å². The lowest BCUT2D eigenvalue weighted by molar-refractivity contribution is 0.521. The molecule has 0 aliphatic carbocycles. The Labute approximate surface area is 121 Å². The number of hydrogen-bond donors (Lipinski definition) is 0. The predicted molar refractivity (Wildman–Crippen MR) is 80.7 cm³/mol. The van der Waals surface area contributed by atoms with Gasteiger partial charge in [0, 0.05) is 13.1 Å². The third-order valence-corrected chi connectivity index (χ3v) is 4.26. The van der Waals surface area contributed by atoms with E-state index in [1.54, 1.807) is 0 Å². The highest BCUT2D eigenvalue weighted by atomic mass is 15.3. The van der Waals surface area contributed by atoms with Gasteiger partial charge in [-0.3, -0.25) is 0 Å². The Morgan fingerprint density at radius 1 is 1.20 bits per heavy atom. The van der Waals surface area contributed by atoms with Gasteiger partial charge >= 0.3 is 0 Å². The third kappa shape index (κ3) is 2.92. The Morgan fingerprint density at radius 3 is 2.65 bits per heavy atom. The van der Waals surface area contributed by atoms with Crippen LogP contribution in [0.4, 0.5) is 5.82 Å². The van der Waals surface area contributed by atoms with Crippen molar-refractivity contribution in [2.24, 2.45) is 5.92 Å². The van der Waals surface area contributed by atoms with Crippen LogP contribution < -0.4 is 4.90 Å². The molecule has 0 aromatic carbocycles. The number of rotatable bonds is 3. The lowest BCUT2D eigenvalue weighted by Crippen LogP contribution is -2.27. The van der Waals surface area contributed by atoms with Crippen LogP contribution in [0.15, 0.2) is 0 Å². The van der Waals surface area contributed by atoms with E-state index >= 15 is 0 Å². The van der Waals surface area contributed by atoms with E-state index in [4.69, 9.17) is 0 Å². The Balaban J connectivity index is 2.38. The van der Waals surface area contributed by atoms with Crippen molar-refractivity contribution in [1.29, 1.82) is 5.26 Å². The standard InChI is InChI=1S/C16H24N4/c1-4-13-14(11-17)16(19-18-15(13)5-2)20-9-6-7-12(3)8-10-20/h12H,4-10H2,1-3H3. The van der Waals surface area contributed by atoms with Gasteiger partial charge in [-0.1, -0.05) is 20.8 Å². The van der Waals surface area contributed by atoms with Crippen LogP contribution in [0, 0.1) is 17.2 Å². The average molecular weight is 272 g/mol. The van der Waals surface area contributed by atoms with E-state index in [0.29, 0.717) is 0 Å². The zero-order valence-electron chi connectivity index (χ0n) is 12.8. The van der Waals surface area contributed by atoms with Crippen molar-refractivity contribution in [2.45, 2.75) is 52.9 Å². The molecule has 1 saturated heterocycles. The smallest absolute Gasteiger partial charge is 0.169 e. The Kier molecular flexibility index (Phi) is 4.94. The SMILES string of the molecule is CCc1nnc(N2CCCC(C)CC2)c(C#N)c1CC. The van der Waals surface area contributed by atoms with Crippen LogP contribution in [-0.2, 0) is 12.8 Å². The Hall–Kier alpha value is -1.63. The van der Waals surface area contributed by atoms with Crippen LogP contribution in [0.1, 0.15) is 56.9 Å². The average Bonchev–Trinajstić information content (AvgIpc) is 2.70. The van der Waals surface area contributed by atoms with Gasteiger partial charge < -0.3 is 4.90 Å². The summed E-state index contributed by atoms with van der Waals surface area (Å²) in [6.07, 6.45) is 5.29. The summed E-state index contributed by atoms with van der Waals surface area (Å²) in [4.78, 5) is 2.26. The largest absolute Gasteiger partial charge is 0.354 e. The molecule has 0 bridgehead atoms. The van der Waals surface area contributed by atoms with Gasteiger partial charge in [0.1, 0.15) is 11.6 Å². The molecule has 1 atom stereocenters. The fourth-order valence-corrected chi connectivity index (χ4v) is 2.98. The summed E-state index contributed by atoms with van der Waals surface area (Å²) < 4.78 is 0. The van der Waals surface area contributed by atoms with Crippen molar-refractivity contribution in [2.75, 3.05) is 18.0 Å². The molecular weight excluding hydrogens is 248 g/mol. The van der Waals surface area contributed by atoms with E-state index in [1.165, 1.54) is 19.3 Å². The van der Waals surface area contributed by atoms with Gasteiger partial charge in [0.15, 0.2) is 5.82 Å². The number of aromatic nitrogens is 2. The highest BCUT2D eigenvalue weighted by molar-refractivity contribution is 5.58. The first-order valence-corrected chi connectivity index (χ1v) is 7.74. The van der Waals surface area contributed by atoms with Crippen molar-refractivity contribution in [3.63, 3.8) is 0 Å². The molecule has 1 aliphatic rings. The minimum Gasteiger partial charge on any atom is -0.354 e.